The molecule has 2 aromatic carbocycles. The molecule has 0 fully saturated rings. The Hall–Kier alpha value is -0.620. The second-order valence-electron chi connectivity index (χ2n) is 3.47. The van der Waals surface area contributed by atoms with Gasteiger partial charge in [-0.25, -0.2) is 4.39 Å². The highest BCUT2D eigenvalue weighted by Gasteiger charge is 2.09. The molecule has 0 bridgehead atoms. The van der Waals surface area contributed by atoms with E-state index in [1.165, 1.54) is 0 Å². The largest absolute Gasteiger partial charge is 0.486 e. The van der Waals surface area contributed by atoms with Crippen molar-refractivity contribution in [2.45, 2.75) is 6.61 Å². The third-order valence-electron chi connectivity index (χ3n) is 2.20. The van der Waals surface area contributed by atoms with E-state index >= 15 is 0 Å². The standard InChI is InChI=1S/C13H9BrFIO/c14-10-6-11(16)13(15)12(7-10)17-8-9-4-2-1-3-5-9/h1-7H,8H2. The van der Waals surface area contributed by atoms with Crippen molar-refractivity contribution >= 4 is 38.5 Å². The molecule has 88 valence electrons. The topological polar surface area (TPSA) is 9.23 Å². The molecule has 0 saturated heterocycles. The van der Waals surface area contributed by atoms with Crippen LogP contribution in [0.15, 0.2) is 46.9 Å². The lowest BCUT2D eigenvalue weighted by Gasteiger charge is -2.09. The molecular formula is C13H9BrFIO. The summed E-state index contributed by atoms with van der Waals surface area (Å²) in [6, 6.07) is 13.0. The predicted molar refractivity (Wildman–Crippen MR) is 77.6 cm³/mol. The first-order chi connectivity index (χ1) is 8.16. The lowest BCUT2D eigenvalue weighted by molar-refractivity contribution is 0.289. The molecule has 0 aliphatic heterocycles. The number of benzene rings is 2. The molecule has 2 aromatic rings. The molecule has 0 heterocycles. The third-order valence-corrected chi connectivity index (χ3v) is 3.44. The molecule has 0 saturated carbocycles. The number of hydrogen-bond acceptors (Lipinski definition) is 1. The maximum absolute atomic E-state index is 13.7. The van der Waals surface area contributed by atoms with Gasteiger partial charge in [0, 0.05) is 4.47 Å². The maximum Gasteiger partial charge on any atom is 0.178 e. The first-order valence-corrected chi connectivity index (χ1v) is 6.85. The summed E-state index contributed by atoms with van der Waals surface area (Å²) in [6.45, 7) is 0.365. The number of ether oxygens (including phenoxy) is 1. The Labute approximate surface area is 121 Å². The highest BCUT2D eigenvalue weighted by molar-refractivity contribution is 14.1. The minimum absolute atomic E-state index is 0.271. The average molecular weight is 407 g/mol. The first-order valence-electron chi connectivity index (χ1n) is 4.98. The highest BCUT2D eigenvalue weighted by atomic mass is 127. The minimum atomic E-state index is -0.315. The minimum Gasteiger partial charge on any atom is -0.486 e. The molecule has 0 aliphatic carbocycles. The summed E-state index contributed by atoms with van der Waals surface area (Å²) in [5.41, 5.74) is 1.02. The van der Waals surface area contributed by atoms with E-state index in [0.717, 1.165) is 10.0 Å². The van der Waals surface area contributed by atoms with E-state index in [1.807, 2.05) is 52.9 Å². The van der Waals surface area contributed by atoms with Crippen molar-refractivity contribution in [2.24, 2.45) is 0 Å². The predicted octanol–water partition coefficient (Wildman–Crippen LogP) is 4.77. The van der Waals surface area contributed by atoms with Gasteiger partial charge in [0.25, 0.3) is 0 Å². The van der Waals surface area contributed by atoms with Crippen molar-refractivity contribution in [3.05, 3.63) is 61.9 Å². The summed E-state index contributed by atoms with van der Waals surface area (Å²) in [7, 11) is 0. The van der Waals surface area contributed by atoms with E-state index in [0.29, 0.717) is 10.2 Å². The van der Waals surface area contributed by atoms with E-state index in [1.54, 1.807) is 12.1 Å². The fourth-order valence-electron chi connectivity index (χ4n) is 1.37. The summed E-state index contributed by atoms with van der Waals surface area (Å²) < 4.78 is 20.6. The molecule has 0 spiro atoms. The number of halogens is 3. The van der Waals surface area contributed by atoms with Crippen molar-refractivity contribution in [1.29, 1.82) is 0 Å². The van der Waals surface area contributed by atoms with Gasteiger partial charge in [-0.05, 0) is 40.3 Å². The van der Waals surface area contributed by atoms with Crippen LogP contribution in [0.25, 0.3) is 0 Å². The number of hydrogen-bond donors (Lipinski definition) is 0. The lowest BCUT2D eigenvalue weighted by Crippen LogP contribution is -1.98. The van der Waals surface area contributed by atoms with Gasteiger partial charge in [0.1, 0.15) is 6.61 Å². The quantitative estimate of drug-likeness (QED) is 0.526. The van der Waals surface area contributed by atoms with E-state index in [9.17, 15) is 4.39 Å². The Kier molecular flexibility index (Phi) is 4.39. The van der Waals surface area contributed by atoms with Crippen LogP contribution in [0, 0.1) is 9.39 Å². The van der Waals surface area contributed by atoms with Crippen molar-refractivity contribution in [3.63, 3.8) is 0 Å². The number of rotatable bonds is 3. The molecule has 0 aliphatic rings. The Bertz CT molecular complexity index is 516. The summed E-state index contributed by atoms with van der Waals surface area (Å²) >= 11 is 5.27. The van der Waals surface area contributed by atoms with Crippen LogP contribution in [0.3, 0.4) is 0 Å². The van der Waals surface area contributed by atoms with Crippen molar-refractivity contribution < 1.29 is 9.13 Å². The normalized spacial score (nSPS) is 10.3. The van der Waals surface area contributed by atoms with Gasteiger partial charge in [0.05, 0.1) is 3.57 Å². The van der Waals surface area contributed by atoms with Crippen LogP contribution in [-0.2, 0) is 6.61 Å². The molecule has 0 atom stereocenters. The second-order valence-corrected chi connectivity index (χ2v) is 5.55. The molecule has 0 N–H and O–H groups in total. The molecule has 0 amide bonds. The Morgan fingerprint density at radius 3 is 2.59 bits per heavy atom. The van der Waals surface area contributed by atoms with Gasteiger partial charge >= 0.3 is 0 Å². The Morgan fingerprint density at radius 2 is 1.88 bits per heavy atom. The summed E-state index contributed by atoms with van der Waals surface area (Å²) in [5, 5.41) is 0. The monoisotopic (exact) mass is 406 g/mol. The van der Waals surface area contributed by atoms with Gasteiger partial charge in [0.15, 0.2) is 11.6 Å². The fraction of sp³-hybridized carbons (Fsp3) is 0.0769. The molecule has 1 nitrogen and oxygen atoms in total. The zero-order valence-electron chi connectivity index (χ0n) is 8.79. The first kappa shape index (κ1) is 12.8. The van der Waals surface area contributed by atoms with Crippen molar-refractivity contribution in [3.8, 4) is 5.75 Å². The van der Waals surface area contributed by atoms with Gasteiger partial charge in [-0.15, -0.1) is 0 Å². The third kappa shape index (κ3) is 3.42. The van der Waals surface area contributed by atoms with Crippen LogP contribution in [0.5, 0.6) is 5.75 Å². The molecule has 2 rings (SSSR count). The van der Waals surface area contributed by atoms with E-state index in [-0.39, 0.29) is 11.6 Å². The lowest BCUT2D eigenvalue weighted by atomic mass is 10.2. The fourth-order valence-corrected chi connectivity index (χ4v) is 2.84. The van der Waals surface area contributed by atoms with Crippen LogP contribution in [-0.4, -0.2) is 0 Å². The van der Waals surface area contributed by atoms with Gasteiger partial charge in [-0.2, -0.15) is 0 Å². The van der Waals surface area contributed by atoms with Crippen molar-refractivity contribution in [1.82, 2.24) is 0 Å². The summed E-state index contributed by atoms with van der Waals surface area (Å²) in [6.07, 6.45) is 0. The summed E-state index contributed by atoms with van der Waals surface area (Å²) in [5.74, 6) is -0.0441. The maximum atomic E-state index is 13.7. The van der Waals surface area contributed by atoms with Crippen LogP contribution in [0.2, 0.25) is 0 Å². The van der Waals surface area contributed by atoms with Crippen molar-refractivity contribution in [2.75, 3.05) is 0 Å². The van der Waals surface area contributed by atoms with Gasteiger partial charge in [0.2, 0.25) is 0 Å². The zero-order valence-corrected chi connectivity index (χ0v) is 12.5. The SMILES string of the molecule is Fc1c(I)cc(Br)cc1OCc1ccccc1. The van der Waals surface area contributed by atoms with Crippen LogP contribution in [0.1, 0.15) is 5.56 Å². The molecule has 4 heteroatoms. The molecule has 0 unspecified atom stereocenters. The smallest absolute Gasteiger partial charge is 0.178 e. The second kappa shape index (κ2) is 5.82. The Balaban J connectivity index is 2.14. The van der Waals surface area contributed by atoms with Gasteiger partial charge in [-0.3, -0.25) is 0 Å². The summed E-state index contributed by atoms with van der Waals surface area (Å²) in [4.78, 5) is 0. The molecule has 17 heavy (non-hydrogen) atoms. The highest BCUT2D eigenvalue weighted by Crippen LogP contribution is 2.27. The van der Waals surface area contributed by atoms with E-state index in [4.69, 9.17) is 4.74 Å². The van der Waals surface area contributed by atoms with Gasteiger partial charge in [-0.1, -0.05) is 46.3 Å². The van der Waals surface area contributed by atoms with Crippen LogP contribution < -0.4 is 4.74 Å². The van der Waals surface area contributed by atoms with E-state index in [2.05, 4.69) is 15.9 Å². The average Bonchev–Trinajstić information content (AvgIpc) is 2.33. The Morgan fingerprint density at radius 1 is 1.18 bits per heavy atom. The molecule has 0 aromatic heterocycles. The van der Waals surface area contributed by atoms with E-state index < -0.39 is 0 Å². The molecular weight excluding hydrogens is 398 g/mol. The molecule has 0 radical (unpaired) electrons. The van der Waals surface area contributed by atoms with Crippen LogP contribution >= 0.6 is 38.5 Å². The van der Waals surface area contributed by atoms with Gasteiger partial charge < -0.3 is 4.74 Å². The van der Waals surface area contributed by atoms with Crippen LogP contribution in [0.4, 0.5) is 4.39 Å². The zero-order chi connectivity index (χ0) is 12.3.